The number of halogens is 1. The smallest absolute Gasteiger partial charge is 0.252 e. The predicted octanol–water partition coefficient (Wildman–Crippen LogP) is 5.26. The molecule has 0 bridgehead atoms. The highest BCUT2D eigenvalue weighted by molar-refractivity contribution is 6.34. The molecule has 2 aliphatic heterocycles. The van der Waals surface area contributed by atoms with E-state index in [9.17, 15) is 9.90 Å². The largest absolute Gasteiger partial charge is 0.492 e. The first-order chi connectivity index (χ1) is 16.3. The third-order valence-corrected chi connectivity index (χ3v) is 7.20. The topological polar surface area (TPSA) is 77.6 Å². The molecule has 7 heteroatoms. The summed E-state index contributed by atoms with van der Waals surface area (Å²) in [5, 5.41) is 14.5. The summed E-state index contributed by atoms with van der Waals surface area (Å²) in [5.74, 6) is 0.403. The fourth-order valence-corrected chi connectivity index (χ4v) is 5.17. The third kappa shape index (κ3) is 4.81. The zero-order valence-electron chi connectivity index (χ0n) is 19.8. The van der Waals surface area contributed by atoms with E-state index >= 15 is 0 Å². The van der Waals surface area contributed by atoms with Gasteiger partial charge in [-0.3, -0.25) is 9.69 Å². The lowest BCUT2D eigenvalue weighted by molar-refractivity contribution is 0.0553. The number of H-pyrrole nitrogens is 1. The molecule has 6 nitrogen and oxygen atoms in total. The summed E-state index contributed by atoms with van der Waals surface area (Å²) in [6.45, 7) is 7.50. The molecule has 180 valence electrons. The summed E-state index contributed by atoms with van der Waals surface area (Å²) in [7, 11) is 0. The number of fused-ring (bicyclic) bond motifs is 2. The zero-order chi connectivity index (χ0) is 23.9. The highest BCUT2D eigenvalue weighted by atomic mass is 35.5. The average molecular weight is 482 g/mol. The number of aromatic amines is 1. The number of hydrogen-bond donors (Lipinski definition) is 3. The zero-order valence-corrected chi connectivity index (χ0v) is 20.6. The standard InChI is InChI=1S/C27H32ClN3O3/c1-27(2,33)8-11-34-23-14-19(24-20(25(23)28)15-29-26(24)32)22-13-18-12-17(6-7-21(18)30-22)16-31-9-4-3-5-10-31/h6-7,12-14,30,33H,3-5,8-11,15-16H2,1-2H3,(H,29,32). The number of amides is 1. The number of carbonyl (C=O) groups excluding carboxylic acids is 1. The number of aromatic nitrogens is 1. The molecule has 1 amide bonds. The molecule has 3 N–H and O–H groups in total. The normalized spacial score (nSPS) is 16.6. The van der Waals surface area contributed by atoms with Gasteiger partial charge in [-0.15, -0.1) is 0 Å². The van der Waals surface area contributed by atoms with Crippen LogP contribution in [0.3, 0.4) is 0 Å². The highest BCUT2D eigenvalue weighted by Crippen LogP contribution is 2.41. The SMILES string of the molecule is CC(C)(O)CCOc1cc(-c2cc3cc(CN4CCCCC4)ccc3[nH]2)c2c(c1Cl)CNC2=O. The average Bonchev–Trinajstić information content (AvgIpc) is 3.39. The molecule has 0 atom stereocenters. The summed E-state index contributed by atoms with van der Waals surface area (Å²) in [5.41, 5.74) is 4.50. The number of aliphatic hydroxyl groups is 1. The van der Waals surface area contributed by atoms with Crippen LogP contribution in [-0.2, 0) is 13.1 Å². The molecule has 2 aromatic carbocycles. The molecule has 0 aliphatic carbocycles. The van der Waals surface area contributed by atoms with Crippen LogP contribution in [0.5, 0.6) is 5.75 Å². The van der Waals surface area contributed by atoms with E-state index in [1.165, 1.54) is 37.9 Å². The summed E-state index contributed by atoms with van der Waals surface area (Å²) >= 11 is 6.63. The Morgan fingerprint density at radius 3 is 2.71 bits per heavy atom. The van der Waals surface area contributed by atoms with Crippen LogP contribution in [0.1, 0.15) is 61.0 Å². The first-order valence-electron chi connectivity index (χ1n) is 12.1. The highest BCUT2D eigenvalue weighted by Gasteiger charge is 2.29. The minimum atomic E-state index is -0.827. The maximum absolute atomic E-state index is 12.7. The van der Waals surface area contributed by atoms with Crippen LogP contribution in [0.2, 0.25) is 5.02 Å². The number of carbonyl (C=O) groups is 1. The van der Waals surface area contributed by atoms with Crippen molar-refractivity contribution in [3.8, 4) is 17.0 Å². The number of benzene rings is 2. The third-order valence-electron chi connectivity index (χ3n) is 6.78. The Hall–Kier alpha value is -2.54. The maximum atomic E-state index is 12.7. The number of nitrogens with zero attached hydrogens (tertiary/aromatic N) is 1. The van der Waals surface area contributed by atoms with Crippen LogP contribution < -0.4 is 10.1 Å². The molecule has 0 radical (unpaired) electrons. The lowest BCUT2D eigenvalue weighted by Crippen LogP contribution is -2.28. The van der Waals surface area contributed by atoms with E-state index in [2.05, 4.69) is 39.5 Å². The van der Waals surface area contributed by atoms with Gasteiger partial charge in [-0.2, -0.15) is 0 Å². The summed E-state index contributed by atoms with van der Waals surface area (Å²) in [6, 6.07) is 10.5. The van der Waals surface area contributed by atoms with E-state index in [1.54, 1.807) is 13.8 Å². The van der Waals surface area contributed by atoms with Gasteiger partial charge in [-0.25, -0.2) is 0 Å². The van der Waals surface area contributed by atoms with Crippen LogP contribution in [-0.4, -0.2) is 46.2 Å². The quantitative estimate of drug-likeness (QED) is 0.430. The van der Waals surface area contributed by atoms with Crippen LogP contribution in [0.15, 0.2) is 30.3 Å². The van der Waals surface area contributed by atoms with E-state index < -0.39 is 5.60 Å². The second-order valence-electron chi connectivity index (χ2n) is 10.1. The fourth-order valence-electron chi connectivity index (χ4n) is 4.90. The number of ether oxygens (including phenoxy) is 1. The van der Waals surface area contributed by atoms with E-state index in [4.69, 9.17) is 16.3 Å². The molecular formula is C27H32ClN3O3. The van der Waals surface area contributed by atoms with Crippen molar-refractivity contribution in [1.82, 2.24) is 15.2 Å². The predicted molar refractivity (Wildman–Crippen MR) is 135 cm³/mol. The molecular weight excluding hydrogens is 450 g/mol. The lowest BCUT2D eigenvalue weighted by atomic mass is 9.99. The number of rotatable bonds is 7. The van der Waals surface area contributed by atoms with Crippen molar-refractivity contribution < 1.29 is 14.6 Å². The monoisotopic (exact) mass is 481 g/mol. The van der Waals surface area contributed by atoms with E-state index in [1.807, 2.05) is 6.07 Å². The number of hydrogen-bond acceptors (Lipinski definition) is 4. The van der Waals surface area contributed by atoms with Gasteiger partial charge in [0.05, 0.1) is 22.8 Å². The van der Waals surface area contributed by atoms with Crippen LogP contribution in [0, 0.1) is 0 Å². The van der Waals surface area contributed by atoms with Gasteiger partial charge in [0.15, 0.2) is 0 Å². The van der Waals surface area contributed by atoms with Crippen LogP contribution >= 0.6 is 11.6 Å². The van der Waals surface area contributed by atoms with Crippen LogP contribution in [0.4, 0.5) is 0 Å². The minimum Gasteiger partial charge on any atom is -0.492 e. The van der Waals surface area contributed by atoms with Crippen molar-refractivity contribution in [2.24, 2.45) is 0 Å². The molecule has 34 heavy (non-hydrogen) atoms. The molecule has 0 spiro atoms. The molecule has 0 unspecified atom stereocenters. The van der Waals surface area contributed by atoms with Gasteiger partial charge in [-0.05, 0) is 69.6 Å². The van der Waals surface area contributed by atoms with E-state index in [0.29, 0.717) is 35.9 Å². The molecule has 1 saturated heterocycles. The Bertz CT molecular complexity index is 1220. The summed E-state index contributed by atoms with van der Waals surface area (Å²) in [6.07, 6.45) is 4.36. The Morgan fingerprint density at radius 2 is 1.94 bits per heavy atom. The molecule has 2 aliphatic rings. The number of nitrogens with one attached hydrogen (secondary N) is 2. The fraction of sp³-hybridized carbons (Fsp3) is 0.444. The van der Waals surface area contributed by atoms with Gasteiger partial charge in [0.1, 0.15) is 5.75 Å². The molecule has 1 fully saturated rings. The lowest BCUT2D eigenvalue weighted by Gasteiger charge is -2.26. The summed E-state index contributed by atoms with van der Waals surface area (Å²) < 4.78 is 5.96. The number of likely N-dealkylation sites (tertiary alicyclic amines) is 1. The van der Waals surface area contributed by atoms with Crippen molar-refractivity contribution in [2.45, 2.75) is 58.2 Å². The molecule has 5 rings (SSSR count). The molecule has 1 aromatic heterocycles. The molecule has 3 heterocycles. The van der Waals surface area contributed by atoms with Gasteiger partial charge in [0.25, 0.3) is 5.91 Å². The Balaban J connectivity index is 1.48. The Morgan fingerprint density at radius 1 is 1.15 bits per heavy atom. The first kappa shape index (κ1) is 23.2. The van der Waals surface area contributed by atoms with Crippen molar-refractivity contribution in [1.29, 1.82) is 0 Å². The van der Waals surface area contributed by atoms with Crippen molar-refractivity contribution in [3.05, 3.63) is 52.0 Å². The van der Waals surface area contributed by atoms with Crippen molar-refractivity contribution in [2.75, 3.05) is 19.7 Å². The van der Waals surface area contributed by atoms with Gasteiger partial charge in [0.2, 0.25) is 0 Å². The number of piperidine rings is 1. The molecule has 3 aromatic rings. The van der Waals surface area contributed by atoms with Gasteiger partial charge in [-0.1, -0.05) is 24.1 Å². The Kier molecular flexibility index (Phi) is 6.32. The van der Waals surface area contributed by atoms with Gasteiger partial charge >= 0.3 is 0 Å². The second-order valence-corrected chi connectivity index (χ2v) is 10.5. The summed E-state index contributed by atoms with van der Waals surface area (Å²) in [4.78, 5) is 18.7. The van der Waals surface area contributed by atoms with Crippen molar-refractivity contribution in [3.63, 3.8) is 0 Å². The van der Waals surface area contributed by atoms with E-state index in [-0.39, 0.29) is 5.91 Å². The van der Waals surface area contributed by atoms with Crippen LogP contribution in [0.25, 0.3) is 22.2 Å². The van der Waals surface area contributed by atoms with Crippen molar-refractivity contribution >= 4 is 28.4 Å². The minimum absolute atomic E-state index is 0.126. The van der Waals surface area contributed by atoms with Gasteiger partial charge < -0.3 is 20.1 Å². The van der Waals surface area contributed by atoms with E-state index in [0.717, 1.165) is 34.3 Å². The maximum Gasteiger partial charge on any atom is 0.252 e. The first-order valence-corrected chi connectivity index (χ1v) is 12.5. The molecule has 0 saturated carbocycles. The second kappa shape index (κ2) is 9.25. The Labute approximate surface area is 205 Å². The van der Waals surface area contributed by atoms with Gasteiger partial charge in [0, 0.05) is 47.2 Å².